The first-order chi connectivity index (χ1) is 10.5. The topological polar surface area (TPSA) is 51.2 Å². The van der Waals surface area contributed by atoms with Gasteiger partial charge >= 0.3 is 0 Å². The number of carbonyl (C=O) groups is 3. The maximum atomic E-state index is 12.3. The van der Waals surface area contributed by atoms with Gasteiger partial charge in [-0.25, -0.2) is 0 Å². The number of aldehydes is 1. The van der Waals surface area contributed by atoms with Crippen molar-refractivity contribution >= 4 is 17.9 Å². The van der Waals surface area contributed by atoms with E-state index in [0.29, 0.717) is 24.7 Å². The van der Waals surface area contributed by atoms with Crippen molar-refractivity contribution < 1.29 is 14.4 Å². The third-order valence-electron chi connectivity index (χ3n) is 7.10. The lowest BCUT2D eigenvalue weighted by Crippen LogP contribution is -2.51. The maximum absolute atomic E-state index is 12.3. The summed E-state index contributed by atoms with van der Waals surface area (Å²) < 4.78 is 0. The van der Waals surface area contributed by atoms with Crippen molar-refractivity contribution in [2.75, 3.05) is 0 Å². The minimum absolute atomic E-state index is 0.0580. The molecule has 3 saturated carbocycles. The van der Waals surface area contributed by atoms with Gasteiger partial charge < -0.3 is 4.79 Å². The highest BCUT2D eigenvalue weighted by molar-refractivity contribution is 6.01. The van der Waals surface area contributed by atoms with E-state index in [1.165, 1.54) is 5.57 Å². The van der Waals surface area contributed by atoms with Gasteiger partial charge in [-0.3, -0.25) is 9.59 Å². The molecule has 3 nitrogen and oxygen atoms in total. The lowest BCUT2D eigenvalue weighted by atomic mass is 9.48. The number of carbonyl (C=O) groups excluding carboxylic acids is 3. The molecule has 0 radical (unpaired) electrons. The van der Waals surface area contributed by atoms with E-state index < -0.39 is 5.41 Å². The number of rotatable bonds is 1. The molecule has 0 aromatic heterocycles. The Balaban J connectivity index is 1.73. The van der Waals surface area contributed by atoms with Crippen LogP contribution >= 0.6 is 0 Å². The summed E-state index contributed by atoms with van der Waals surface area (Å²) in [4.78, 5) is 35.8. The summed E-state index contributed by atoms with van der Waals surface area (Å²) in [5.74, 6) is 1.39. The molecule has 116 valence electrons. The quantitative estimate of drug-likeness (QED) is 0.552. The molecular formula is C19H22O3. The predicted octanol–water partition coefficient (Wildman–Crippen LogP) is 3.04. The minimum atomic E-state index is -0.688. The van der Waals surface area contributed by atoms with Gasteiger partial charge in [-0.1, -0.05) is 18.6 Å². The first-order valence-corrected chi connectivity index (χ1v) is 8.45. The molecule has 0 N–H and O–H groups in total. The fraction of sp³-hybridized carbons (Fsp3) is 0.632. The largest absolute Gasteiger partial charge is 0.302 e. The van der Waals surface area contributed by atoms with Crippen molar-refractivity contribution in [3.8, 4) is 0 Å². The van der Waals surface area contributed by atoms with Crippen molar-refractivity contribution in [2.24, 2.45) is 28.6 Å². The van der Waals surface area contributed by atoms with E-state index in [2.05, 4.69) is 13.0 Å². The predicted molar refractivity (Wildman–Crippen MR) is 82.0 cm³/mol. The van der Waals surface area contributed by atoms with Crippen molar-refractivity contribution in [1.29, 1.82) is 0 Å². The van der Waals surface area contributed by atoms with E-state index in [0.717, 1.165) is 32.0 Å². The Bertz CT molecular complexity index is 629. The molecule has 0 spiro atoms. The molecule has 3 fully saturated rings. The van der Waals surface area contributed by atoms with Crippen LogP contribution in [0.5, 0.6) is 0 Å². The molecule has 0 amide bonds. The average Bonchev–Trinajstić information content (AvgIpc) is 2.86. The van der Waals surface area contributed by atoms with Crippen LogP contribution in [-0.2, 0) is 14.4 Å². The van der Waals surface area contributed by atoms with Crippen molar-refractivity contribution in [1.82, 2.24) is 0 Å². The second-order valence-corrected chi connectivity index (χ2v) is 7.76. The highest BCUT2D eigenvalue weighted by Crippen LogP contribution is 2.63. The van der Waals surface area contributed by atoms with Gasteiger partial charge in [0, 0.05) is 11.8 Å². The summed E-state index contributed by atoms with van der Waals surface area (Å²) in [5, 5.41) is 0. The van der Waals surface area contributed by atoms with Gasteiger partial charge in [-0.15, -0.1) is 0 Å². The van der Waals surface area contributed by atoms with Crippen molar-refractivity contribution in [3.05, 3.63) is 23.8 Å². The number of hydrogen-bond donors (Lipinski definition) is 0. The van der Waals surface area contributed by atoms with E-state index in [4.69, 9.17) is 0 Å². The molecule has 0 heterocycles. The smallest absolute Gasteiger partial charge is 0.178 e. The van der Waals surface area contributed by atoms with Crippen LogP contribution in [0, 0.1) is 28.6 Å². The Morgan fingerprint density at radius 3 is 2.73 bits per heavy atom. The van der Waals surface area contributed by atoms with Gasteiger partial charge in [0.25, 0.3) is 0 Å². The minimum Gasteiger partial charge on any atom is -0.302 e. The first kappa shape index (κ1) is 14.1. The van der Waals surface area contributed by atoms with E-state index in [9.17, 15) is 14.4 Å². The summed E-state index contributed by atoms with van der Waals surface area (Å²) in [6.07, 6.45) is 11.6. The molecule has 0 bridgehead atoms. The van der Waals surface area contributed by atoms with Crippen LogP contribution < -0.4 is 0 Å². The molecule has 22 heavy (non-hydrogen) atoms. The molecule has 5 atom stereocenters. The average molecular weight is 298 g/mol. The summed E-state index contributed by atoms with van der Waals surface area (Å²) in [7, 11) is 0. The molecular weight excluding hydrogens is 276 g/mol. The Morgan fingerprint density at radius 1 is 1.14 bits per heavy atom. The van der Waals surface area contributed by atoms with Crippen molar-refractivity contribution in [3.63, 3.8) is 0 Å². The van der Waals surface area contributed by atoms with Gasteiger partial charge in [0.05, 0.1) is 5.41 Å². The molecule has 4 rings (SSSR count). The summed E-state index contributed by atoms with van der Waals surface area (Å²) >= 11 is 0. The zero-order valence-corrected chi connectivity index (χ0v) is 13.0. The Labute approximate surface area is 130 Å². The van der Waals surface area contributed by atoms with Crippen LogP contribution in [0.4, 0.5) is 0 Å². The van der Waals surface area contributed by atoms with Crippen LogP contribution in [0.15, 0.2) is 23.8 Å². The molecule has 0 aromatic carbocycles. The molecule has 4 aliphatic rings. The Kier molecular flexibility index (Phi) is 2.88. The van der Waals surface area contributed by atoms with Crippen LogP contribution in [0.25, 0.3) is 0 Å². The zero-order valence-electron chi connectivity index (χ0n) is 13.0. The molecule has 0 aliphatic heterocycles. The van der Waals surface area contributed by atoms with Gasteiger partial charge in [0.1, 0.15) is 12.1 Å². The number of ketones is 2. The third-order valence-corrected chi connectivity index (χ3v) is 7.10. The molecule has 0 saturated heterocycles. The monoisotopic (exact) mass is 298 g/mol. The fourth-order valence-corrected chi connectivity index (χ4v) is 5.92. The first-order valence-electron chi connectivity index (χ1n) is 8.45. The maximum Gasteiger partial charge on any atom is 0.178 e. The van der Waals surface area contributed by atoms with Crippen LogP contribution in [0.3, 0.4) is 0 Å². The zero-order chi connectivity index (χ0) is 15.5. The van der Waals surface area contributed by atoms with Gasteiger partial charge in [0.15, 0.2) is 5.78 Å². The standard InChI is InChI=1S/C19H22O3/c1-18-8-6-13(21)10-12(18)2-3-14-15(18)7-9-19(11-20)16(14)4-5-17(19)22/h6,8,10-11,14-16H,2-5,7,9H2,1H3/t14-,15+,16+,18+,19-/m1/s1. The van der Waals surface area contributed by atoms with Crippen LogP contribution in [0.2, 0.25) is 0 Å². The Morgan fingerprint density at radius 2 is 1.95 bits per heavy atom. The second kappa shape index (κ2) is 4.50. The third kappa shape index (κ3) is 1.60. The van der Waals surface area contributed by atoms with Crippen LogP contribution in [0.1, 0.15) is 45.4 Å². The van der Waals surface area contributed by atoms with Gasteiger partial charge in [-0.05, 0) is 62.0 Å². The number of Topliss-reactive ketones (excluding diaryl/α,β-unsaturated/α-hetero) is 1. The molecule has 4 aliphatic carbocycles. The van der Waals surface area contributed by atoms with E-state index in [-0.39, 0.29) is 22.9 Å². The summed E-state index contributed by atoms with van der Waals surface area (Å²) in [6.45, 7) is 2.24. The van der Waals surface area contributed by atoms with E-state index in [1.54, 1.807) is 6.08 Å². The molecule has 0 unspecified atom stereocenters. The second-order valence-electron chi connectivity index (χ2n) is 7.76. The summed E-state index contributed by atoms with van der Waals surface area (Å²) in [6, 6.07) is 0. The number of allylic oxidation sites excluding steroid dienone is 4. The molecule has 3 heteroatoms. The lowest BCUT2D eigenvalue weighted by molar-refractivity contribution is -0.140. The normalized spacial score (nSPS) is 46.6. The Hall–Kier alpha value is -1.51. The van der Waals surface area contributed by atoms with E-state index >= 15 is 0 Å². The SMILES string of the molecule is C[C@]12C=CC(=O)C=C1CC[C@@H]1[C@@H]2CC[C@]2(C=O)C(=O)CC[C@@H]12. The number of hydrogen-bond acceptors (Lipinski definition) is 3. The highest BCUT2D eigenvalue weighted by atomic mass is 16.1. The van der Waals surface area contributed by atoms with Gasteiger partial charge in [-0.2, -0.15) is 0 Å². The van der Waals surface area contributed by atoms with Gasteiger partial charge in [0.2, 0.25) is 0 Å². The number of fused-ring (bicyclic) bond motifs is 5. The summed E-state index contributed by atoms with van der Waals surface area (Å²) in [5.41, 5.74) is 0.508. The highest BCUT2D eigenvalue weighted by Gasteiger charge is 2.60. The van der Waals surface area contributed by atoms with Crippen molar-refractivity contribution in [2.45, 2.75) is 45.4 Å². The fourth-order valence-electron chi connectivity index (χ4n) is 5.92. The molecule has 0 aromatic rings. The van der Waals surface area contributed by atoms with E-state index in [1.807, 2.05) is 6.08 Å². The van der Waals surface area contributed by atoms with Crippen LogP contribution in [-0.4, -0.2) is 17.9 Å². The lowest BCUT2D eigenvalue weighted by Gasteiger charge is -2.55.